The second-order valence-electron chi connectivity index (χ2n) is 6.15. The molecule has 0 saturated carbocycles. The summed E-state index contributed by atoms with van der Waals surface area (Å²) in [5, 5.41) is 18.1. The van der Waals surface area contributed by atoms with E-state index in [0.717, 1.165) is 11.3 Å². The van der Waals surface area contributed by atoms with Crippen LogP contribution in [-0.4, -0.2) is 7.11 Å². The number of hydrogen-bond acceptors (Lipinski definition) is 4. The van der Waals surface area contributed by atoms with Gasteiger partial charge in [-0.1, -0.05) is 20.8 Å². The van der Waals surface area contributed by atoms with Crippen molar-refractivity contribution < 1.29 is 9.47 Å². The normalized spacial score (nSPS) is 10.5. The third kappa shape index (κ3) is 3.62. The van der Waals surface area contributed by atoms with Crippen molar-refractivity contribution in [3.05, 3.63) is 53.1 Å². The van der Waals surface area contributed by atoms with E-state index in [4.69, 9.17) is 20.0 Å². The highest BCUT2D eigenvalue weighted by Gasteiger charge is 2.20. The van der Waals surface area contributed by atoms with Crippen LogP contribution in [0.25, 0.3) is 0 Å². The number of hydrogen-bond donors (Lipinski definition) is 0. The average molecular weight is 306 g/mol. The SMILES string of the molecule is COc1ccc(Oc2ccc(C#N)c(C#N)c2)c(C(C)(C)C)c1. The van der Waals surface area contributed by atoms with Gasteiger partial charge in [0.05, 0.1) is 18.2 Å². The first kappa shape index (κ1) is 16.4. The van der Waals surface area contributed by atoms with Crippen LogP contribution in [0.1, 0.15) is 37.5 Å². The maximum absolute atomic E-state index is 9.12. The standard InChI is InChI=1S/C19H18N2O2/c1-19(2,3)17-10-15(22-4)7-8-18(17)23-16-6-5-13(11-20)14(9-16)12-21/h5-10H,1-4H3. The van der Waals surface area contributed by atoms with Crippen LogP contribution in [0.15, 0.2) is 36.4 Å². The molecule has 23 heavy (non-hydrogen) atoms. The van der Waals surface area contributed by atoms with Gasteiger partial charge in [-0.2, -0.15) is 10.5 Å². The molecule has 0 N–H and O–H groups in total. The molecule has 2 rings (SSSR count). The molecule has 0 bridgehead atoms. The predicted octanol–water partition coefficient (Wildman–Crippen LogP) is 4.53. The topological polar surface area (TPSA) is 66.0 Å². The molecule has 4 heteroatoms. The van der Waals surface area contributed by atoms with E-state index >= 15 is 0 Å². The number of rotatable bonds is 3. The highest BCUT2D eigenvalue weighted by molar-refractivity contribution is 5.51. The smallest absolute Gasteiger partial charge is 0.131 e. The van der Waals surface area contributed by atoms with E-state index in [1.54, 1.807) is 25.3 Å². The molecule has 2 aromatic carbocycles. The van der Waals surface area contributed by atoms with Crippen molar-refractivity contribution in [2.24, 2.45) is 0 Å². The molecule has 0 aromatic heterocycles. The molecule has 0 fully saturated rings. The fraction of sp³-hybridized carbons (Fsp3) is 0.263. The van der Waals surface area contributed by atoms with Crippen LogP contribution in [0.3, 0.4) is 0 Å². The number of nitrogens with zero attached hydrogens (tertiary/aromatic N) is 2. The van der Waals surface area contributed by atoms with E-state index in [1.165, 1.54) is 0 Å². The van der Waals surface area contributed by atoms with Gasteiger partial charge in [-0.3, -0.25) is 0 Å². The summed E-state index contributed by atoms with van der Waals surface area (Å²) in [6.45, 7) is 6.27. The van der Waals surface area contributed by atoms with Crippen molar-refractivity contribution >= 4 is 0 Å². The highest BCUT2D eigenvalue weighted by atomic mass is 16.5. The monoisotopic (exact) mass is 306 g/mol. The maximum Gasteiger partial charge on any atom is 0.131 e. The van der Waals surface area contributed by atoms with E-state index in [1.807, 2.05) is 30.3 Å². The van der Waals surface area contributed by atoms with Crippen LogP contribution in [0.5, 0.6) is 17.2 Å². The molecule has 0 aliphatic rings. The van der Waals surface area contributed by atoms with Crippen molar-refractivity contribution in [2.45, 2.75) is 26.2 Å². The summed E-state index contributed by atoms with van der Waals surface area (Å²) in [4.78, 5) is 0. The molecule has 116 valence electrons. The Morgan fingerprint density at radius 1 is 0.870 bits per heavy atom. The van der Waals surface area contributed by atoms with Crippen LogP contribution in [0.4, 0.5) is 0 Å². The Labute approximate surface area is 136 Å². The molecule has 2 aromatic rings. The first-order valence-corrected chi connectivity index (χ1v) is 7.19. The zero-order chi connectivity index (χ0) is 17.0. The van der Waals surface area contributed by atoms with Crippen molar-refractivity contribution in [3.8, 4) is 29.4 Å². The van der Waals surface area contributed by atoms with Gasteiger partial charge in [0, 0.05) is 5.56 Å². The van der Waals surface area contributed by atoms with Crippen molar-refractivity contribution in [2.75, 3.05) is 7.11 Å². The quantitative estimate of drug-likeness (QED) is 0.835. The number of benzene rings is 2. The molecule has 0 saturated heterocycles. The Morgan fingerprint density at radius 3 is 2.09 bits per heavy atom. The van der Waals surface area contributed by atoms with Crippen molar-refractivity contribution in [1.82, 2.24) is 0 Å². The lowest BCUT2D eigenvalue weighted by molar-refractivity contribution is 0.407. The predicted molar refractivity (Wildman–Crippen MR) is 87.6 cm³/mol. The lowest BCUT2D eigenvalue weighted by Gasteiger charge is -2.23. The Morgan fingerprint density at radius 2 is 1.52 bits per heavy atom. The summed E-state index contributed by atoms with van der Waals surface area (Å²) in [6, 6.07) is 14.5. The van der Waals surface area contributed by atoms with E-state index < -0.39 is 0 Å². The average Bonchev–Trinajstić information content (AvgIpc) is 2.54. The van der Waals surface area contributed by atoms with Crippen LogP contribution in [-0.2, 0) is 5.41 Å². The molecule has 0 unspecified atom stereocenters. The minimum absolute atomic E-state index is 0.130. The summed E-state index contributed by atoms with van der Waals surface area (Å²) < 4.78 is 11.2. The number of ether oxygens (including phenoxy) is 2. The molecule has 0 atom stereocenters. The Kier molecular flexibility index (Phi) is 4.57. The minimum atomic E-state index is -0.130. The van der Waals surface area contributed by atoms with E-state index in [0.29, 0.717) is 22.6 Å². The fourth-order valence-corrected chi connectivity index (χ4v) is 2.21. The van der Waals surface area contributed by atoms with Crippen LogP contribution in [0, 0.1) is 22.7 Å². The molecular weight excluding hydrogens is 288 g/mol. The zero-order valence-corrected chi connectivity index (χ0v) is 13.7. The van der Waals surface area contributed by atoms with Gasteiger partial charge in [-0.05, 0) is 41.8 Å². The molecule has 0 aliphatic carbocycles. The second kappa shape index (κ2) is 6.42. The fourth-order valence-electron chi connectivity index (χ4n) is 2.21. The summed E-state index contributed by atoms with van der Waals surface area (Å²) in [7, 11) is 1.63. The maximum atomic E-state index is 9.12. The Bertz CT molecular complexity index is 806. The third-order valence-corrected chi connectivity index (χ3v) is 3.45. The van der Waals surface area contributed by atoms with Crippen LogP contribution >= 0.6 is 0 Å². The zero-order valence-electron chi connectivity index (χ0n) is 13.7. The number of methoxy groups -OCH3 is 1. The summed E-state index contributed by atoms with van der Waals surface area (Å²) in [5.74, 6) is 1.99. The Balaban J connectivity index is 2.45. The summed E-state index contributed by atoms with van der Waals surface area (Å²) >= 11 is 0. The second-order valence-corrected chi connectivity index (χ2v) is 6.15. The van der Waals surface area contributed by atoms with Gasteiger partial charge in [-0.15, -0.1) is 0 Å². The van der Waals surface area contributed by atoms with Crippen LogP contribution in [0.2, 0.25) is 0 Å². The number of nitriles is 2. The molecule has 0 aliphatic heterocycles. The van der Waals surface area contributed by atoms with Gasteiger partial charge in [0.1, 0.15) is 29.4 Å². The molecule has 0 spiro atoms. The van der Waals surface area contributed by atoms with Gasteiger partial charge < -0.3 is 9.47 Å². The lowest BCUT2D eigenvalue weighted by Crippen LogP contribution is -2.12. The van der Waals surface area contributed by atoms with Crippen LogP contribution < -0.4 is 9.47 Å². The van der Waals surface area contributed by atoms with E-state index in [9.17, 15) is 0 Å². The molecule has 0 heterocycles. The van der Waals surface area contributed by atoms with Gasteiger partial charge in [0.2, 0.25) is 0 Å². The van der Waals surface area contributed by atoms with Crippen molar-refractivity contribution in [1.29, 1.82) is 10.5 Å². The largest absolute Gasteiger partial charge is 0.497 e. The van der Waals surface area contributed by atoms with E-state index in [-0.39, 0.29) is 5.41 Å². The molecular formula is C19H18N2O2. The summed E-state index contributed by atoms with van der Waals surface area (Å²) in [5.41, 5.74) is 1.51. The minimum Gasteiger partial charge on any atom is -0.497 e. The third-order valence-electron chi connectivity index (χ3n) is 3.45. The van der Waals surface area contributed by atoms with Crippen molar-refractivity contribution in [3.63, 3.8) is 0 Å². The Hall–Kier alpha value is -2.98. The highest BCUT2D eigenvalue weighted by Crippen LogP contribution is 2.37. The molecule has 0 amide bonds. The first-order chi connectivity index (χ1) is 10.9. The molecule has 0 radical (unpaired) electrons. The lowest BCUT2D eigenvalue weighted by atomic mass is 9.86. The summed E-state index contributed by atoms with van der Waals surface area (Å²) in [6.07, 6.45) is 0. The van der Waals surface area contributed by atoms with Gasteiger partial charge in [-0.25, -0.2) is 0 Å². The van der Waals surface area contributed by atoms with E-state index in [2.05, 4.69) is 20.8 Å². The molecule has 4 nitrogen and oxygen atoms in total. The first-order valence-electron chi connectivity index (χ1n) is 7.19. The van der Waals surface area contributed by atoms with Gasteiger partial charge in [0.15, 0.2) is 0 Å². The van der Waals surface area contributed by atoms with Gasteiger partial charge in [0.25, 0.3) is 0 Å². The van der Waals surface area contributed by atoms with Gasteiger partial charge >= 0.3 is 0 Å².